The Balaban J connectivity index is 2.44. The van der Waals surface area contributed by atoms with E-state index in [0.717, 1.165) is 6.54 Å². The van der Waals surface area contributed by atoms with Crippen LogP contribution in [0.2, 0.25) is 0 Å². The zero-order chi connectivity index (χ0) is 15.9. The number of nitrogens with zero attached hydrogens (tertiary/aromatic N) is 1. The van der Waals surface area contributed by atoms with E-state index < -0.39 is 0 Å². The summed E-state index contributed by atoms with van der Waals surface area (Å²) in [6, 6.07) is 5.22. The van der Waals surface area contributed by atoms with E-state index in [4.69, 9.17) is 0 Å². The van der Waals surface area contributed by atoms with Crippen molar-refractivity contribution in [3.05, 3.63) is 23.9 Å². The molecule has 0 aromatic carbocycles. The number of hydrogen-bond acceptors (Lipinski definition) is 4. The van der Waals surface area contributed by atoms with Gasteiger partial charge >= 0.3 is 0 Å². The molecule has 0 aliphatic carbocycles. The van der Waals surface area contributed by atoms with Gasteiger partial charge in [0.1, 0.15) is 11.5 Å². The van der Waals surface area contributed by atoms with E-state index in [0.29, 0.717) is 11.5 Å². The zero-order valence-electron chi connectivity index (χ0n) is 13.1. The van der Waals surface area contributed by atoms with Crippen molar-refractivity contribution in [1.29, 1.82) is 0 Å². The van der Waals surface area contributed by atoms with Gasteiger partial charge < -0.3 is 16.0 Å². The average Bonchev–Trinajstić information content (AvgIpc) is 2.37. The summed E-state index contributed by atoms with van der Waals surface area (Å²) in [5.41, 5.74) is 0.0766. The Hall–Kier alpha value is -2.11. The molecule has 1 aromatic rings. The fraction of sp³-hybridized carbons (Fsp3) is 0.533. The number of carbonyl (C=O) groups is 2. The molecule has 0 spiro atoms. The predicted molar refractivity (Wildman–Crippen MR) is 83.2 cm³/mol. The fourth-order valence-electron chi connectivity index (χ4n) is 1.70. The van der Waals surface area contributed by atoms with Gasteiger partial charge in [0.05, 0.1) is 0 Å². The van der Waals surface area contributed by atoms with Crippen molar-refractivity contribution in [2.24, 2.45) is 0 Å². The lowest BCUT2D eigenvalue weighted by Crippen LogP contribution is -2.42. The Bertz CT molecular complexity index is 495. The molecule has 1 heterocycles. The summed E-state index contributed by atoms with van der Waals surface area (Å²) in [7, 11) is 0. The highest BCUT2D eigenvalue weighted by atomic mass is 16.2. The van der Waals surface area contributed by atoms with E-state index in [1.165, 1.54) is 0 Å². The molecular weight excluding hydrogens is 268 g/mol. The van der Waals surface area contributed by atoms with Crippen LogP contribution in [-0.2, 0) is 4.79 Å². The van der Waals surface area contributed by atoms with E-state index in [1.807, 2.05) is 27.7 Å². The Morgan fingerprint density at radius 2 is 1.95 bits per heavy atom. The summed E-state index contributed by atoms with van der Waals surface area (Å²) in [5, 5.41) is 8.59. The molecule has 0 atom stereocenters. The van der Waals surface area contributed by atoms with Crippen LogP contribution in [0.25, 0.3) is 0 Å². The number of anilines is 1. The van der Waals surface area contributed by atoms with Crippen LogP contribution in [0.4, 0.5) is 5.82 Å². The normalized spacial score (nSPS) is 10.9. The molecule has 0 aliphatic heterocycles. The first kappa shape index (κ1) is 16.9. The molecule has 1 rings (SSSR count). The molecule has 0 saturated heterocycles. The first-order valence-corrected chi connectivity index (χ1v) is 7.12. The Labute approximate surface area is 125 Å². The maximum atomic E-state index is 11.9. The van der Waals surface area contributed by atoms with Crippen molar-refractivity contribution in [2.45, 2.75) is 39.7 Å². The maximum absolute atomic E-state index is 11.9. The van der Waals surface area contributed by atoms with E-state index in [1.54, 1.807) is 18.2 Å². The minimum absolute atomic E-state index is 0.0860. The van der Waals surface area contributed by atoms with Crippen molar-refractivity contribution in [1.82, 2.24) is 15.6 Å². The zero-order valence-corrected chi connectivity index (χ0v) is 13.1. The van der Waals surface area contributed by atoms with Crippen LogP contribution < -0.4 is 16.0 Å². The first-order chi connectivity index (χ1) is 9.81. The Morgan fingerprint density at radius 3 is 2.57 bits per heavy atom. The number of carbonyl (C=O) groups excluding carboxylic acids is 2. The molecule has 0 fully saturated rings. The second-order valence-electron chi connectivity index (χ2n) is 5.74. The molecule has 2 amide bonds. The van der Waals surface area contributed by atoms with Gasteiger partial charge in [0.25, 0.3) is 5.91 Å². The molecule has 3 N–H and O–H groups in total. The smallest absolute Gasteiger partial charge is 0.269 e. The van der Waals surface area contributed by atoms with Crippen LogP contribution in [-0.4, -0.2) is 35.4 Å². The molecule has 1 aromatic heterocycles. The molecule has 0 bridgehead atoms. The summed E-state index contributed by atoms with van der Waals surface area (Å²) in [6.45, 7) is 8.74. The molecule has 0 radical (unpaired) electrons. The van der Waals surface area contributed by atoms with Gasteiger partial charge in [0, 0.05) is 25.0 Å². The van der Waals surface area contributed by atoms with Gasteiger partial charge in [-0.3, -0.25) is 9.59 Å². The van der Waals surface area contributed by atoms with Gasteiger partial charge in [-0.05, 0) is 39.8 Å². The van der Waals surface area contributed by atoms with Crippen molar-refractivity contribution >= 4 is 17.6 Å². The molecule has 0 saturated carbocycles. The van der Waals surface area contributed by atoms with Crippen LogP contribution in [0.1, 0.15) is 44.6 Å². The maximum Gasteiger partial charge on any atom is 0.269 e. The first-order valence-electron chi connectivity index (χ1n) is 7.12. The SMILES string of the molecule is CCNc1cccc(C(=O)NCCC(=O)NC(C)(C)C)n1. The van der Waals surface area contributed by atoms with Gasteiger partial charge in [0.15, 0.2) is 0 Å². The Kier molecular flexibility index (Phi) is 6.14. The third-order valence-electron chi connectivity index (χ3n) is 2.49. The lowest BCUT2D eigenvalue weighted by Gasteiger charge is -2.20. The van der Waals surface area contributed by atoms with Crippen molar-refractivity contribution in [2.75, 3.05) is 18.4 Å². The van der Waals surface area contributed by atoms with Gasteiger partial charge in [-0.2, -0.15) is 0 Å². The highest BCUT2D eigenvalue weighted by molar-refractivity contribution is 5.92. The largest absolute Gasteiger partial charge is 0.370 e. The topological polar surface area (TPSA) is 83.1 Å². The van der Waals surface area contributed by atoms with Gasteiger partial charge in [-0.1, -0.05) is 6.07 Å². The number of nitrogens with one attached hydrogen (secondary N) is 3. The predicted octanol–water partition coefficient (Wildman–Crippen LogP) is 1.55. The molecule has 0 aliphatic rings. The lowest BCUT2D eigenvalue weighted by atomic mass is 10.1. The summed E-state index contributed by atoms with van der Waals surface area (Å²) < 4.78 is 0. The summed E-state index contributed by atoms with van der Waals surface area (Å²) in [4.78, 5) is 27.8. The second kappa shape index (κ2) is 7.61. The van der Waals surface area contributed by atoms with Gasteiger partial charge in [-0.25, -0.2) is 4.98 Å². The van der Waals surface area contributed by atoms with Crippen LogP contribution in [0.5, 0.6) is 0 Å². The van der Waals surface area contributed by atoms with Crippen LogP contribution in [0, 0.1) is 0 Å². The number of aromatic nitrogens is 1. The van der Waals surface area contributed by atoms with Crippen molar-refractivity contribution < 1.29 is 9.59 Å². The number of pyridine rings is 1. The average molecular weight is 292 g/mol. The second-order valence-corrected chi connectivity index (χ2v) is 5.74. The van der Waals surface area contributed by atoms with E-state index in [2.05, 4.69) is 20.9 Å². The summed E-state index contributed by atoms with van der Waals surface area (Å²) in [6.07, 6.45) is 0.246. The van der Waals surface area contributed by atoms with Crippen LogP contribution >= 0.6 is 0 Å². The van der Waals surface area contributed by atoms with Crippen LogP contribution in [0.3, 0.4) is 0 Å². The van der Waals surface area contributed by atoms with E-state index >= 15 is 0 Å². The molecule has 21 heavy (non-hydrogen) atoms. The minimum Gasteiger partial charge on any atom is -0.370 e. The Morgan fingerprint density at radius 1 is 1.24 bits per heavy atom. The number of hydrogen-bond donors (Lipinski definition) is 3. The highest BCUT2D eigenvalue weighted by Gasteiger charge is 2.14. The third kappa shape index (κ3) is 6.74. The minimum atomic E-state index is -0.279. The fourth-order valence-corrected chi connectivity index (χ4v) is 1.70. The van der Waals surface area contributed by atoms with Crippen molar-refractivity contribution in [3.8, 4) is 0 Å². The monoisotopic (exact) mass is 292 g/mol. The third-order valence-corrected chi connectivity index (χ3v) is 2.49. The summed E-state index contributed by atoms with van der Waals surface area (Å²) >= 11 is 0. The molecule has 6 nitrogen and oxygen atoms in total. The molecule has 0 unspecified atom stereocenters. The molecule has 116 valence electrons. The lowest BCUT2D eigenvalue weighted by molar-refractivity contribution is -0.122. The van der Waals surface area contributed by atoms with E-state index in [-0.39, 0.29) is 30.3 Å². The summed E-state index contributed by atoms with van der Waals surface area (Å²) in [5.74, 6) is 0.297. The number of amides is 2. The molecular formula is C15H24N4O2. The van der Waals surface area contributed by atoms with Crippen molar-refractivity contribution in [3.63, 3.8) is 0 Å². The highest BCUT2D eigenvalue weighted by Crippen LogP contribution is 2.04. The van der Waals surface area contributed by atoms with Crippen LogP contribution in [0.15, 0.2) is 18.2 Å². The van der Waals surface area contributed by atoms with E-state index in [9.17, 15) is 9.59 Å². The standard InChI is InChI=1S/C15H24N4O2/c1-5-16-12-8-6-7-11(18-12)14(21)17-10-9-13(20)19-15(2,3)4/h6-8H,5,9-10H2,1-4H3,(H,16,18)(H,17,21)(H,19,20). The quantitative estimate of drug-likeness (QED) is 0.743. The molecule has 6 heteroatoms. The number of rotatable bonds is 6. The van der Waals surface area contributed by atoms with Gasteiger partial charge in [-0.15, -0.1) is 0 Å². The van der Waals surface area contributed by atoms with Gasteiger partial charge in [0.2, 0.25) is 5.91 Å².